The average molecular weight is 390 g/mol. The maximum Gasteiger partial charge on any atom is 0.238 e. The smallest absolute Gasteiger partial charge is 0.238 e. The highest BCUT2D eigenvalue weighted by molar-refractivity contribution is 6.30. The summed E-state index contributed by atoms with van der Waals surface area (Å²) in [7, 11) is 1.59. The molecule has 144 valence electrons. The third kappa shape index (κ3) is 6.58. The molecule has 0 heterocycles. The summed E-state index contributed by atoms with van der Waals surface area (Å²) < 4.78 is 5.09. The average Bonchev–Trinajstić information content (AvgIpc) is 2.64. The first-order chi connectivity index (χ1) is 12.9. The number of carbonyl (C=O) groups excluding carboxylic acids is 2. The molecule has 0 saturated heterocycles. The van der Waals surface area contributed by atoms with E-state index in [1.807, 2.05) is 13.8 Å². The van der Waals surface area contributed by atoms with Crippen LogP contribution < -0.4 is 15.4 Å². The first kappa shape index (κ1) is 20.7. The van der Waals surface area contributed by atoms with Crippen molar-refractivity contribution >= 4 is 34.8 Å². The molecule has 27 heavy (non-hydrogen) atoms. The maximum atomic E-state index is 12.3. The third-order valence-corrected chi connectivity index (χ3v) is 4.25. The Morgan fingerprint density at radius 1 is 1.04 bits per heavy atom. The highest BCUT2D eigenvalue weighted by atomic mass is 35.5. The second kappa shape index (κ2) is 9.94. The maximum absolute atomic E-state index is 12.3. The van der Waals surface area contributed by atoms with Crippen molar-refractivity contribution in [2.24, 2.45) is 0 Å². The largest absolute Gasteiger partial charge is 0.497 e. The summed E-state index contributed by atoms with van der Waals surface area (Å²) in [5, 5.41) is 6.29. The fourth-order valence-electron chi connectivity index (χ4n) is 2.52. The Hall–Kier alpha value is -2.57. The van der Waals surface area contributed by atoms with E-state index in [9.17, 15) is 9.59 Å². The molecule has 0 atom stereocenters. The number of halogens is 1. The Morgan fingerprint density at radius 3 is 2.22 bits per heavy atom. The molecule has 2 amide bonds. The summed E-state index contributed by atoms with van der Waals surface area (Å²) >= 11 is 5.93. The molecule has 0 bridgehead atoms. The number of hydrogen-bond donors (Lipinski definition) is 2. The van der Waals surface area contributed by atoms with Crippen LogP contribution in [0.2, 0.25) is 5.02 Å². The Bertz CT molecular complexity index is 794. The highest BCUT2D eigenvalue weighted by Gasteiger charge is 2.14. The van der Waals surface area contributed by atoms with Gasteiger partial charge < -0.3 is 15.4 Å². The van der Waals surface area contributed by atoms with E-state index < -0.39 is 0 Å². The topological polar surface area (TPSA) is 70.7 Å². The molecule has 2 aromatic carbocycles. The van der Waals surface area contributed by atoms with Gasteiger partial charge in [0.2, 0.25) is 11.8 Å². The molecule has 0 aromatic heterocycles. The van der Waals surface area contributed by atoms with Crippen LogP contribution in [0.25, 0.3) is 0 Å². The van der Waals surface area contributed by atoms with Gasteiger partial charge in [-0.25, -0.2) is 0 Å². The Morgan fingerprint density at radius 2 is 1.67 bits per heavy atom. The molecule has 7 heteroatoms. The number of nitrogens with zero attached hydrogens (tertiary/aromatic N) is 1. The molecule has 0 saturated carbocycles. The zero-order chi connectivity index (χ0) is 19.8. The molecule has 0 radical (unpaired) electrons. The van der Waals surface area contributed by atoms with Crippen LogP contribution in [-0.2, 0) is 9.59 Å². The Kier molecular flexibility index (Phi) is 7.64. The van der Waals surface area contributed by atoms with E-state index in [0.29, 0.717) is 22.9 Å². The van der Waals surface area contributed by atoms with Crippen molar-refractivity contribution in [3.05, 3.63) is 53.1 Å². The minimum Gasteiger partial charge on any atom is -0.497 e. The lowest BCUT2D eigenvalue weighted by Gasteiger charge is -2.20. The monoisotopic (exact) mass is 389 g/mol. The molecule has 0 aliphatic heterocycles. The molecule has 2 aromatic rings. The van der Waals surface area contributed by atoms with Gasteiger partial charge in [0.15, 0.2) is 0 Å². The van der Waals surface area contributed by atoms with Crippen molar-refractivity contribution in [3.63, 3.8) is 0 Å². The Labute approximate surface area is 164 Å². The van der Waals surface area contributed by atoms with Gasteiger partial charge in [-0.1, -0.05) is 18.5 Å². The number of aryl methyl sites for hydroxylation is 1. The fourth-order valence-corrected chi connectivity index (χ4v) is 2.74. The van der Waals surface area contributed by atoms with Crippen molar-refractivity contribution in [1.82, 2.24) is 4.90 Å². The molecular weight excluding hydrogens is 366 g/mol. The van der Waals surface area contributed by atoms with E-state index in [4.69, 9.17) is 16.3 Å². The molecule has 0 aliphatic carbocycles. The van der Waals surface area contributed by atoms with Gasteiger partial charge in [-0.05, 0) is 61.5 Å². The Balaban J connectivity index is 1.87. The first-order valence-corrected chi connectivity index (χ1v) is 9.01. The number of benzene rings is 2. The predicted molar refractivity (Wildman–Crippen MR) is 109 cm³/mol. The molecule has 2 N–H and O–H groups in total. The lowest BCUT2D eigenvalue weighted by Crippen LogP contribution is -2.38. The predicted octanol–water partition coefficient (Wildman–Crippen LogP) is 3.56. The van der Waals surface area contributed by atoms with Crippen LogP contribution in [0.1, 0.15) is 12.5 Å². The van der Waals surface area contributed by atoms with Crippen LogP contribution in [0, 0.1) is 6.92 Å². The number of amides is 2. The number of ether oxygens (including phenoxy) is 1. The molecule has 0 fully saturated rings. The molecule has 0 unspecified atom stereocenters. The van der Waals surface area contributed by atoms with Crippen LogP contribution in [0.4, 0.5) is 11.4 Å². The summed E-state index contributed by atoms with van der Waals surface area (Å²) in [6, 6.07) is 12.4. The minimum absolute atomic E-state index is 0.120. The van der Waals surface area contributed by atoms with Crippen LogP contribution in [-0.4, -0.2) is 43.5 Å². The van der Waals surface area contributed by atoms with Crippen molar-refractivity contribution in [3.8, 4) is 5.75 Å². The van der Waals surface area contributed by atoms with Crippen LogP contribution in [0.15, 0.2) is 42.5 Å². The molecular formula is C20H24ClN3O3. The van der Waals surface area contributed by atoms with Gasteiger partial charge in [-0.3, -0.25) is 14.5 Å². The van der Waals surface area contributed by atoms with Crippen molar-refractivity contribution in [1.29, 1.82) is 0 Å². The summed E-state index contributed by atoms with van der Waals surface area (Å²) in [5.41, 5.74) is 2.28. The van der Waals surface area contributed by atoms with E-state index in [0.717, 1.165) is 11.3 Å². The first-order valence-electron chi connectivity index (χ1n) is 8.63. The number of hydrogen-bond acceptors (Lipinski definition) is 4. The lowest BCUT2D eigenvalue weighted by atomic mass is 10.2. The van der Waals surface area contributed by atoms with Gasteiger partial charge in [0.25, 0.3) is 0 Å². The summed E-state index contributed by atoms with van der Waals surface area (Å²) in [6.07, 6.45) is 0. The fraction of sp³-hybridized carbons (Fsp3) is 0.300. The molecule has 0 spiro atoms. The highest BCUT2D eigenvalue weighted by Crippen LogP contribution is 2.19. The summed E-state index contributed by atoms with van der Waals surface area (Å²) in [5.74, 6) is 0.356. The number of likely N-dealkylation sites (N-methyl/N-ethyl adjacent to an activating group) is 1. The van der Waals surface area contributed by atoms with Gasteiger partial charge in [0.1, 0.15) is 5.75 Å². The van der Waals surface area contributed by atoms with Crippen molar-refractivity contribution in [2.45, 2.75) is 13.8 Å². The van der Waals surface area contributed by atoms with Crippen molar-refractivity contribution in [2.75, 3.05) is 37.4 Å². The van der Waals surface area contributed by atoms with Gasteiger partial charge in [-0.15, -0.1) is 0 Å². The second-order valence-corrected chi connectivity index (χ2v) is 6.52. The van der Waals surface area contributed by atoms with Gasteiger partial charge in [0, 0.05) is 16.4 Å². The number of nitrogens with one attached hydrogen (secondary N) is 2. The quantitative estimate of drug-likeness (QED) is 0.724. The SMILES string of the molecule is CCN(CC(=O)Nc1ccc(OC)cc1)CC(=O)Nc1ccc(Cl)cc1C. The normalized spacial score (nSPS) is 10.6. The van der Waals surface area contributed by atoms with Gasteiger partial charge >= 0.3 is 0 Å². The van der Waals surface area contributed by atoms with Gasteiger partial charge in [-0.2, -0.15) is 0 Å². The molecule has 0 aliphatic rings. The second-order valence-electron chi connectivity index (χ2n) is 6.09. The standard InChI is InChI=1S/C20H24ClN3O3/c1-4-24(12-19(25)22-16-6-8-17(27-3)9-7-16)13-20(26)23-18-10-5-15(21)11-14(18)2/h5-11H,4,12-13H2,1-3H3,(H,22,25)(H,23,26). The van der Waals surface area contributed by atoms with E-state index in [1.54, 1.807) is 54.5 Å². The van der Waals surface area contributed by atoms with Crippen LogP contribution in [0.5, 0.6) is 5.75 Å². The van der Waals surface area contributed by atoms with Crippen molar-refractivity contribution < 1.29 is 14.3 Å². The van der Waals surface area contributed by atoms with E-state index in [-0.39, 0.29) is 24.9 Å². The summed E-state index contributed by atoms with van der Waals surface area (Å²) in [6.45, 7) is 4.59. The third-order valence-electron chi connectivity index (χ3n) is 4.02. The minimum atomic E-state index is -0.183. The zero-order valence-corrected chi connectivity index (χ0v) is 16.5. The summed E-state index contributed by atoms with van der Waals surface area (Å²) in [4.78, 5) is 26.3. The molecule has 2 rings (SSSR count). The van der Waals surface area contributed by atoms with E-state index >= 15 is 0 Å². The van der Waals surface area contributed by atoms with Gasteiger partial charge in [0.05, 0.1) is 20.2 Å². The zero-order valence-electron chi connectivity index (χ0n) is 15.7. The van der Waals surface area contributed by atoms with Crippen LogP contribution in [0.3, 0.4) is 0 Å². The lowest BCUT2D eigenvalue weighted by molar-refractivity contribution is -0.119. The number of rotatable bonds is 8. The van der Waals surface area contributed by atoms with E-state index in [1.165, 1.54) is 0 Å². The molecule has 6 nitrogen and oxygen atoms in total. The van der Waals surface area contributed by atoms with E-state index in [2.05, 4.69) is 10.6 Å². The number of carbonyl (C=O) groups is 2. The number of anilines is 2. The number of methoxy groups -OCH3 is 1. The van der Waals surface area contributed by atoms with Crippen LogP contribution >= 0.6 is 11.6 Å².